The predicted molar refractivity (Wildman–Crippen MR) is 110 cm³/mol. The average molecular weight is 394 g/mol. The van der Waals surface area contributed by atoms with E-state index in [-0.39, 0.29) is 48.1 Å². The largest absolute Gasteiger partial charge is 0.353 e. The minimum atomic E-state index is -0.315. The maximum Gasteiger partial charge on any atom is 0.278 e. The number of amides is 2. The van der Waals surface area contributed by atoms with Crippen LogP contribution >= 0.6 is 0 Å². The molecule has 0 spiro atoms. The third-order valence-corrected chi connectivity index (χ3v) is 5.78. The molecule has 1 aromatic heterocycles. The SMILES string of the molecule is C[C@@H]1Cc2ccccc2N1C(=O)c1ccc(=O)n(CCC(=O)NC2CCCC2)n1. The molecule has 4 rings (SSSR count). The van der Waals surface area contributed by atoms with Gasteiger partial charge in [-0.1, -0.05) is 31.0 Å². The summed E-state index contributed by atoms with van der Waals surface area (Å²) >= 11 is 0. The van der Waals surface area contributed by atoms with E-state index < -0.39 is 0 Å². The Balaban J connectivity index is 1.47. The smallest absolute Gasteiger partial charge is 0.278 e. The van der Waals surface area contributed by atoms with E-state index in [9.17, 15) is 14.4 Å². The summed E-state index contributed by atoms with van der Waals surface area (Å²) in [5.41, 5.74) is 1.92. The second-order valence-corrected chi connectivity index (χ2v) is 7.94. The second kappa shape index (κ2) is 8.19. The lowest BCUT2D eigenvalue weighted by atomic mass is 10.1. The third-order valence-electron chi connectivity index (χ3n) is 5.78. The van der Waals surface area contributed by atoms with Gasteiger partial charge in [0.05, 0.1) is 6.54 Å². The number of fused-ring (bicyclic) bond motifs is 1. The van der Waals surface area contributed by atoms with Gasteiger partial charge in [0.15, 0.2) is 0 Å². The molecule has 1 atom stereocenters. The summed E-state index contributed by atoms with van der Waals surface area (Å²) in [6, 6.07) is 10.9. The first-order valence-electron chi connectivity index (χ1n) is 10.3. The van der Waals surface area contributed by atoms with Crippen molar-refractivity contribution in [3.8, 4) is 0 Å². The van der Waals surface area contributed by atoms with Crippen LogP contribution in [0.4, 0.5) is 5.69 Å². The van der Waals surface area contributed by atoms with Gasteiger partial charge in [-0.2, -0.15) is 5.10 Å². The molecule has 1 aliphatic carbocycles. The molecule has 29 heavy (non-hydrogen) atoms. The molecule has 0 radical (unpaired) electrons. The Bertz CT molecular complexity index is 978. The lowest BCUT2D eigenvalue weighted by Gasteiger charge is -2.22. The van der Waals surface area contributed by atoms with E-state index in [0.717, 1.165) is 43.4 Å². The van der Waals surface area contributed by atoms with Crippen LogP contribution in [0.25, 0.3) is 0 Å². The molecule has 0 saturated heterocycles. The Kier molecular flexibility index (Phi) is 5.47. The van der Waals surface area contributed by atoms with E-state index >= 15 is 0 Å². The Hall–Kier alpha value is -2.96. The zero-order valence-corrected chi connectivity index (χ0v) is 16.6. The Morgan fingerprint density at radius 2 is 1.90 bits per heavy atom. The van der Waals surface area contributed by atoms with E-state index in [2.05, 4.69) is 10.4 Å². The monoisotopic (exact) mass is 394 g/mol. The predicted octanol–water partition coefficient (Wildman–Crippen LogP) is 2.28. The lowest BCUT2D eigenvalue weighted by molar-refractivity contribution is -0.122. The quantitative estimate of drug-likeness (QED) is 0.843. The summed E-state index contributed by atoms with van der Waals surface area (Å²) < 4.78 is 1.22. The molecule has 152 valence electrons. The number of rotatable bonds is 5. The van der Waals surface area contributed by atoms with Gasteiger partial charge in [-0.15, -0.1) is 0 Å². The van der Waals surface area contributed by atoms with Gasteiger partial charge in [-0.25, -0.2) is 4.68 Å². The van der Waals surface area contributed by atoms with Gasteiger partial charge in [0.1, 0.15) is 5.69 Å². The highest BCUT2D eigenvalue weighted by Crippen LogP contribution is 2.32. The summed E-state index contributed by atoms with van der Waals surface area (Å²) in [4.78, 5) is 39.2. The number of benzene rings is 1. The van der Waals surface area contributed by atoms with Crippen LogP contribution in [0.2, 0.25) is 0 Å². The highest BCUT2D eigenvalue weighted by molar-refractivity contribution is 6.06. The molecule has 1 aliphatic heterocycles. The van der Waals surface area contributed by atoms with Crippen molar-refractivity contribution in [3.63, 3.8) is 0 Å². The fraction of sp³-hybridized carbons (Fsp3) is 0.455. The normalized spacial score (nSPS) is 18.7. The molecule has 2 heterocycles. The molecule has 0 unspecified atom stereocenters. The van der Waals surface area contributed by atoms with Crippen LogP contribution in [-0.4, -0.2) is 33.7 Å². The van der Waals surface area contributed by atoms with Gasteiger partial charge in [0.25, 0.3) is 11.5 Å². The molecule has 7 heteroatoms. The first-order valence-corrected chi connectivity index (χ1v) is 10.3. The number of carbonyl (C=O) groups excluding carboxylic acids is 2. The minimum absolute atomic E-state index is 0.0271. The zero-order valence-electron chi connectivity index (χ0n) is 16.6. The van der Waals surface area contributed by atoms with Crippen LogP contribution in [-0.2, 0) is 17.8 Å². The molecule has 1 saturated carbocycles. The van der Waals surface area contributed by atoms with Gasteiger partial charge < -0.3 is 10.2 Å². The first-order chi connectivity index (χ1) is 14.0. The summed E-state index contributed by atoms with van der Waals surface area (Å²) in [6.07, 6.45) is 5.29. The maximum atomic E-state index is 13.1. The first kappa shape index (κ1) is 19.4. The topological polar surface area (TPSA) is 84.3 Å². The van der Waals surface area contributed by atoms with E-state index in [1.54, 1.807) is 4.90 Å². The van der Waals surface area contributed by atoms with Gasteiger partial charge in [0.2, 0.25) is 5.91 Å². The molecule has 7 nitrogen and oxygen atoms in total. The zero-order chi connectivity index (χ0) is 20.4. The van der Waals surface area contributed by atoms with Crippen molar-refractivity contribution in [2.45, 2.75) is 64.1 Å². The van der Waals surface area contributed by atoms with Crippen LogP contribution in [0.1, 0.15) is 55.1 Å². The van der Waals surface area contributed by atoms with Gasteiger partial charge in [-0.05, 0) is 43.9 Å². The molecule has 2 aliphatic rings. The molecule has 1 aromatic carbocycles. The number of hydrogen-bond donors (Lipinski definition) is 1. The van der Waals surface area contributed by atoms with Crippen LogP contribution in [0.3, 0.4) is 0 Å². The molecule has 2 amide bonds. The van der Waals surface area contributed by atoms with Crippen molar-refractivity contribution in [1.29, 1.82) is 0 Å². The van der Waals surface area contributed by atoms with Gasteiger partial charge in [0, 0.05) is 30.3 Å². The number of para-hydroxylation sites is 1. The van der Waals surface area contributed by atoms with E-state index in [1.165, 1.54) is 16.8 Å². The highest BCUT2D eigenvalue weighted by Gasteiger charge is 2.32. The summed E-state index contributed by atoms with van der Waals surface area (Å²) in [7, 11) is 0. The van der Waals surface area contributed by atoms with Crippen molar-refractivity contribution < 1.29 is 9.59 Å². The molecule has 2 aromatic rings. The van der Waals surface area contributed by atoms with Crippen molar-refractivity contribution >= 4 is 17.5 Å². The number of aryl methyl sites for hydroxylation is 1. The van der Waals surface area contributed by atoms with Gasteiger partial charge >= 0.3 is 0 Å². The van der Waals surface area contributed by atoms with Crippen LogP contribution < -0.4 is 15.8 Å². The Morgan fingerprint density at radius 3 is 2.69 bits per heavy atom. The van der Waals surface area contributed by atoms with Crippen molar-refractivity contribution in [2.75, 3.05) is 4.90 Å². The van der Waals surface area contributed by atoms with Crippen molar-refractivity contribution in [2.24, 2.45) is 0 Å². The number of nitrogens with zero attached hydrogens (tertiary/aromatic N) is 3. The summed E-state index contributed by atoms with van der Waals surface area (Å²) in [5, 5.41) is 7.27. The van der Waals surface area contributed by atoms with Crippen LogP contribution in [0.5, 0.6) is 0 Å². The maximum absolute atomic E-state index is 13.1. The van der Waals surface area contributed by atoms with Crippen LogP contribution in [0.15, 0.2) is 41.2 Å². The van der Waals surface area contributed by atoms with E-state index in [1.807, 2.05) is 31.2 Å². The third kappa shape index (κ3) is 4.09. The van der Waals surface area contributed by atoms with Crippen molar-refractivity contribution in [1.82, 2.24) is 15.1 Å². The van der Waals surface area contributed by atoms with Crippen molar-refractivity contribution in [3.05, 3.63) is 58.0 Å². The van der Waals surface area contributed by atoms with Crippen LogP contribution in [0, 0.1) is 0 Å². The number of nitrogens with one attached hydrogen (secondary N) is 1. The molecular formula is C22H26N4O3. The number of hydrogen-bond acceptors (Lipinski definition) is 4. The minimum Gasteiger partial charge on any atom is -0.353 e. The standard InChI is InChI=1S/C22H26N4O3/c1-15-14-16-6-2-5-9-19(16)26(15)22(29)18-10-11-21(28)25(24-18)13-12-20(27)23-17-7-3-4-8-17/h2,5-6,9-11,15,17H,3-4,7-8,12-14H2,1H3,(H,23,27)/t15-/m1/s1. The average Bonchev–Trinajstić information content (AvgIpc) is 3.33. The Labute approximate surface area is 169 Å². The molecular weight excluding hydrogens is 368 g/mol. The Morgan fingerprint density at radius 1 is 1.14 bits per heavy atom. The number of carbonyl (C=O) groups is 2. The molecule has 0 bridgehead atoms. The number of anilines is 1. The van der Waals surface area contributed by atoms with E-state index in [4.69, 9.17) is 0 Å². The highest BCUT2D eigenvalue weighted by atomic mass is 16.2. The fourth-order valence-corrected chi connectivity index (χ4v) is 4.30. The van der Waals surface area contributed by atoms with E-state index in [0.29, 0.717) is 0 Å². The lowest BCUT2D eigenvalue weighted by Crippen LogP contribution is -2.38. The summed E-state index contributed by atoms with van der Waals surface area (Å²) in [6.45, 7) is 2.16. The van der Waals surface area contributed by atoms with Gasteiger partial charge in [-0.3, -0.25) is 14.4 Å². The summed E-state index contributed by atoms with van der Waals surface area (Å²) in [5.74, 6) is -0.309. The second-order valence-electron chi connectivity index (χ2n) is 7.94. The fourth-order valence-electron chi connectivity index (χ4n) is 4.30. The molecule has 1 N–H and O–H groups in total. The number of aromatic nitrogens is 2. The molecule has 1 fully saturated rings.